The molecule has 0 atom stereocenters. The minimum Gasteiger partial charge on any atom is -0.476 e. The number of nitrogens with zero attached hydrogens (tertiary/aromatic N) is 2. The Bertz CT molecular complexity index is 988. The van der Waals surface area contributed by atoms with E-state index in [0.717, 1.165) is 16.7 Å². The second-order valence-electron chi connectivity index (χ2n) is 5.35. The van der Waals surface area contributed by atoms with Gasteiger partial charge in [-0.05, 0) is 53.8 Å². The van der Waals surface area contributed by atoms with Crippen LogP contribution in [0, 0.1) is 24.6 Å². The summed E-state index contributed by atoms with van der Waals surface area (Å²) in [6, 6.07) is 15.2. The topological polar surface area (TPSA) is 63.1 Å². The van der Waals surface area contributed by atoms with E-state index in [2.05, 4.69) is 22.0 Å². The highest BCUT2D eigenvalue weighted by atomic mass is 19.1. The first kappa shape index (κ1) is 16.3. The molecule has 0 radical (unpaired) electrons. The van der Waals surface area contributed by atoms with Crippen LogP contribution in [0.3, 0.4) is 0 Å². The third kappa shape index (κ3) is 3.70. The summed E-state index contributed by atoms with van der Waals surface area (Å²) in [6.07, 6.45) is 0. The van der Waals surface area contributed by atoms with Crippen molar-refractivity contribution in [1.82, 2.24) is 10.2 Å². The summed E-state index contributed by atoms with van der Waals surface area (Å²) >= 11 is 0. The van der Waals surface area contributed by atoms with Crippen molar-refractivity contribution in [3.63, 3.8) is 0 Å². The summed E-state index contributed by atoms with van der Waals surface area (Å²) in [7, 11) is 0. The molecule has 0 amide bonds. The smallest absolute Gasteiger partial charge is 0.356 e. The quantitative estimate of drug-likeness (QED) is 0.727. The van der Waals surface area contributed by atoms with Gasteiger partial charge < -0.3 is 5.11 Å². The number of carboxylic acid groups (broad SMARTS) is 1. The van der Waals surface area contributed by atoms with Gasteiger partial charge in [0.1, 0.15) is 11.5 Å². The van der Waals surface area contributed by atoms with Crippen LogP contribution >= 0.6 is 0 Å². The molecule has 3 aromatic rings. The van der Waals surface area contributed by atoms with Crippen LogP contribution in [0.5, 0.6) is 0 Å². The Labute approximate surface area is 144 Å². The number of aromatic nitrogens is 2. The lowest BCUT2D eigenvalue weighted by atomic mass is 9.96. The predicted molar refractivity (Wildman–Crippen MR) is 91.5 cm³/mol. The zero-order chi connectivity index (χ0) is 17.8. The highest BCUT2D eigenvalue weighted by Crippen LogP contribution is 2.26. The predicted octanol–water partition coefficient (Wildman–Crippen LogP) is 3.69. The van der Waals surface area contributed by atoms with Crippen molar-refractivity contribution in [1.29, 1.82) is 0 Å². The van der Waals surface area contributed by atoms with Gasteiger partial charge in [-0.25, -0.2) is 9.18 Å². The average molecular weight is 332 g/mol. The van der Waals surface area contributed by atoms with E-state index >= 15 is 0 Å². The fraction of sp³-hybridized carbons (Fsp3) is 0.0500. The average Bonchev–Trinajstić information content (AvgIpc) is 2.63. The van der Waals surface area contributed by atoms with Gasteiger partial charge in [-0.3, -0.25) is 0 Å². The van der Waals surface area contributed by atoms with Gasteiger partial charge in [-0.2, -0.15) is 0 Å². The molecule has 0 saturated carbocycles. The summed E-state index contributed by atoms with van der Waals surface area (Å²) in [5, 5.41) is 16.1. The first-order chi connectivity index (χ1) is 12.0. The van der Waals surface area contributed by atoms with E-state index in [4.69, 9.17) is 5.11 Å². The van der Waals surface area contributed by atoms with Gasteiger partial charge in [0.05, 0.1) is 0 Å². The van der Waals surface area contributed by atoms with Crippen LogP contribution in [0.4, 0.5) is 4.39 Å². The highest BCUT2D eigenvalue weighted by molar-refractivity contribution is 5.85. The molecule has 1 N–H and O–H groups in total. The molecule has 2 aromatic carbocycles. The van der Waals surface area contributed by atoms with Gasteiger partial charge in [0.2, 0.25) is 0 Å². The van der Waals surface area contributed by atoms with Gasteiger partial charge in [0.15, 0.2) is 5.69 Å². The molecule has 0 aliphatic heterocycles. The van der Waals surface area contributed by atoms with Crippen molar-refractivity contribution in [3.8, 4) is 23.0 Å². The fourth-order valence-electron chi connectivity index (χ4n) is 2.37. The second-order valence-corrected chi connectivity index (χ2v) is 5.35. The lowest BCUT2D eigenvalue weighted by Crippen LogP contribution is -2.02. The van der Waals surface area contributed by atoms with E-state index < -0.39 is 5.97 Å². The van der Waals surface area contributed by atoms with Crippen LogP contribution in [0.1, 0.15) is 27.3 Å². The van der Waals surface area contributed by atoms with Gasteiger partial charge in [-0.1, -0.05) is 36.3 Å². The number of benzene rings is 2. The number of hydrogen-bond donors (Lipinski definition) is 1. The molecule has 0 saturated heterocycles. The molecule has 0 spiro atoms. The van der Waals surface area contributed by atoms with E-state index in [1.807, 2.05) is 37.3 Å². The number of aromatic carboxylic acids is 1. The molecule has 0 fully saturated rings. The molecule has 1 heterocycles. The molecule has 122 valence electrons. The lowest BCUT2D eigenvalue weighted by Gasteiger charge is -2.08. The molecule has 25 heavy (non-hydrogen) atoms. The number of hydrogen-bond acceptors (Lipinski definition) is 3. The van der Waals surface area contributed by atoms with Crippen LogP contribution in [0.15, 0.2) is 54.6 Å². The van der Waals surface area contributed by atoms with Crippen molar-refractivity contribution in [2.75, 3.05) is 0 Å². The largest absolute Gasteiger partial charge is 0.476 e. The molecular weight excluding hydrogens is 319 g/mol. The van der Waals surface area contributed by atoms with E-state index in [1.54, 1.807) is 0 Å². The third-order valence-electron chi connectivity index (χ3n) is 3.67. The van der Waals surface area contributed by atoms with E-state index in [9.17, 15) is 9.18 Å². The zero-order valence-corrected chi connectivity index (χ0v) is 13.3. The number of rotatable bonds is 2. The Balaban J connectivity index is 1.99. The summed E-state index contributed by atoms with van der Waals surface area (Å²) in [6.45, 7) is 1.88. The normalized spacial score (nSPS) is 10.0. The van der Waals surface area contributed by atoms with Gasteiger partial charge in [-0.15, -0.1) is 10.2 Å². The molecule has 4 nitrogen and oxygen atoms in total. The number of carbonyl (C=O) groups is 1. The van der Waals surface area contributed by atoms with Crippen LogP contribution in [0.2, 0.25) is 0 Å². The number of carboxylic acids is 1. The summed E-state index contributed by atoms with van der Waals surface area (Å²) in [5.74, 6) is 4.15. The highest BCUT2D eigenvalue weighted by Gasteiger charge is 2.08. The molecular formula is C20H13FN2O2. The zero-order valence-electron chi connectivity index (χ0n) is 13.3. The number of halogens is 1. The molecule has 5 heteroatoms. The molecule has 3 rings (SSSR count). The maximum atomic E-state index is 14.0. The summed E-state index contributed by atoms with van der Waals surface area (Å²) in [5.41, 5.74) is 3.25. The van der Waals surface area contributed by atoms with Crippen molar-refractivity contribution in [2.24, 2.45) is 0 Å². The summed E-state index contributed by atoms with van der Waals surface area (Å²) < 4.78 is 14.0. The monoisotopic (exact) mass is 332 g/mol. The molecule has 0 aliphatic rings. The van der Waals surface area contributed by atoms with E-state index in [0.29, 0.717) is 11.3 Å². The minimum atomic E-state index is -1.15. The van der Waals surface area contributed by atoms with Gasteiger partial charge in [0.25, 0.3) is 0 Å². The standard InChI is InChI=1S/C20H13FN2O2/c1-13-15(7-8-17-9-10-19(20(24)25)23-22-17)11-16(21)12-18(13)14-5-3-2-4-6-14/h2-6,9-12H,1H3,(H,24,25). The fourth-order valence-corrected chi connectivity index (χ4v) is 2.37. The Morgan fingerprint density at radius 2 is 1.80 bits per heavy atom. The maximum Gasteiger partial charge on any atom is 0.356 e. The van der Waals surface area contributed by atoms with Gasteiger partial charge >= 0.3 is 5.97 Å². The molecule has 1 aromatic heterocycles. The van der Waals surface area contributed by atoms with Crippen molar-refractivity contribution < 1.29 is 14.3 Å². The van der Waals surface area contributed by atoms with Crippen molar-refractivity contribution in [2.45, 2.75) is 6.92 Å². The van der Waals surface area contributed by atoms with Gasteiger partial charge in [0, 0.05) is 5.56 Å². The van der Waals surface area contributed by atoms with Crippen LogP contribution < -0.4 is 0 Å². The first-order valence-corrected chi connectivity index (χ1v) is 7.49. The Kier molecular flexibility index (Phi) is 4.53. The van der Waals surface area contributed by atoms with Crippen LogP contribution in [-0.4, -0.2) is 21.3 Å². The van der Waals surface area contributed by atoms with Crippen molar-refractivity contribution in [3.05, 3.63) is 82.9 Å². The van der Waals surface area contributed by atoms with E-state index in [-0.39, 0.29) is 11.5 Å². The minimum absolute atomic E-state index is 0.154. The Morgan fingerprint density at radius 1 is 1.04 bits per heavy atom. The van der Waals surface area contributed by atoms with Crippen LogP contribution in [0.25, 0.3) is 11.1 Å². The van der Waals surface area contributed by atoms with Crippen LogP contribution in [-0.2, 0) is 0 Å². The SMILES string of the molecule is Cc1c(C#Cc2ccc(C(=O)O)nn2)cc(F)cc1-c1ccccc1. The Hall–Kier alpha value is -3.52. The van der Waals surface area contributed by atoms with Crippen molar-refractivity contribution >= 4 is 5.97 Å². The third-order valence-corrected chi connectivity index (χ3v) is 3.67. The van der Waals surface area contributed by atoms with E-state index in [1.165, 1.54) is 24.3 Å². The second kappa shape index (κ2) is 6.93. The Morgan fingerprint density at radius 3 is 2.44 bits per heavy atom. The molecule has 0 aliphatic carbocycles. The lowest BCUT2D eigenvalue weighted by molar-refractivity contribution is 0.0689. The molecule has 0 bridgehead atoms. The molecule has 0 unspecified atom stereocenters. The summed E-state index contributed by atoms with van der Waals surface area (Å²) in [4.78, 5) is 10.8. The first-order valence-electron chi connectivity index (χ1n) is 7.49. The maximum absolute atomic E-state index is 14.0.